The second-order valence-electron chi connectivity index (χ2n) is 10.2. The number of aliphatic hydroxyl groups excluding tert-OH is 6. The minimum Gasteiger partial charge on any atom is -0.571 e. The molecule has 3 heterocycles. The molecule has 3 aliphatic heterocycles. The molecular weight excluding hydrogens is 548 g/mol. The van der Waals surface area contributed by atoms with E-state index in [4.69, 9.17) is 18.9 Å². The van der Waals surface area contributed by atoms with Crippen LogP contribution < -0.4 is 0 Å². The summed E-state index contributed by atoms with van der Waals surface area (Å²) in [4.78, 5) is 0. The summed E-state index contributed by atoms with van der Waals surface area (Å²) in [5.41, 5.74) is 0.712. The van der Waals surface area contributed by atoms with E-state index in [9.17, 15) is 46.0 Å². The van der Waals surface area contributed by atoms with Crippen molar-refractivity contribution in [2.24, 2.45) is 0 Å². The quantitative estimate of drug-likeness (QED) is 0.183. The molecule has 2 fully saturated rings. The maximum atomic E-state index is 11.0. The van der Waals surface area contributed by atoms with Crippen molar-refractivity contribution in [2.75, 3.05) is 6.61 Å². The SMILES string of the molecule is C[C@@H]1O[C@@H](O[C@H]2[C@H](OC3=Cc4c(O)cc(O)cc4[OH+]C3c3ccc(O)cc3)O[C@@H](CO)[C@@H](O)[C@@H]2O)[C@@H](O)[C@H](O)[C@H]1O. The van der Waals surface area contributed by atoms with E-state index in [0.717, 1.165) is 6.07 Å². The van der Waals surface area contributed by atoms with Crippen LogP contribution in [-0.2, 0) is 18.9 Å². The summed E-state index contributed by atoms with van der Waals surface area (Å²) in [5, 5.41) is 92.2. The van der Waals surface area contributed by atoms with Gasteiger partial charge in [0.1, 0.15) is 59.4 Å². The van der Waals surface area contributed by atoms with Crippen LogP contribution in [0.2, 0.25) is 0 Å². The molecule has 0 radical (unpaired) electrons. The maximum Gasteiger partial charge on any atom is 0.270 e. The first kappa shape index (κ1) is 29.3. The molecule has 0 aliphatic carbocycles. The number of ether oxygens (including phenoxy) is 5. The lowest BCUT2D eigenvalue weighted by Gasteiger charge is -2.46. The maximum absolute atomic E-state index is 11.0. The van der Waals surface area contributed by atoms with Crippen LogP contribution in [0.15, 0.2) is 42.2 Å². The van der Waals surface area contributed by atoms with Crippen LogP contribution in [0.5, 0.6) is 23.0 Å². The van der Waals surface area contributed by atoms with E-state index in [0.29, 0.717) is 5.56 Å². The Balaban J connectivity index is 1.50. The Morgan fingerprint density at radius 2 is 1.51 bits per heavy atom. The Labute approximate surface area is 233 Å². The molecule has 14 nitrogen and oxygen atoms in total. The third kappa shape index (κ3) is 5.66. The molecule has 11 atom stereocenters. The number of hydrogen-bond donors (Lipinski definition) is 9. The number of fused-ring (bicyclic) bond motifs is 1. The van der Waals surface area contributed by atoms with E-state index in [-0.39, 0.29) is 34.3 Å². The van der Waals surface area contributed by atoms with Crippen molar-refractivity contribution in [3.05, 3.63) is 53.3 Å². The summed E-state index contributed by atoms with van der Waals surface area (Å²) in [5.74, 6) is -0.264. The number of benzene rings is 2. The molecule has 2 aromatic carbocycles. The van der Waals surface area contributed by atoms with Crippen molar-refractivity contribution in [1.29, 1.82) is 0 Å². The van der Waals surface area contributed by atoms with Crippen LogP contribution in [0.4, 0.5) is 0 Å². The second-order valence-corrected chi connectivity index (χ2v) is 10.2. The molecule has 14 heteroatoms. The zero-order valence-electron chi connectivity index (χ0n) is 21.7. The van der Waals surface area contributed by atoms with Gasteiger partial charge in [-0.2, -0.15) is 0 Å². The number of rotatable bonds is 6. The molecule has 10 N–H and O–H groups in total. The van der Waals surface area contributed by atoms with Crippen molar-refractivity contribution in [3.63, 3.8) is 0 Å². The van der Waals surface area contributed by atoms with Gasteiger partial charge in [0.15, 0.2) is 18.2 Å². The van der Waals surface area contributed by atoms with Crippen molar-refractivity contribution in [3.8, 4) is 23.0 Å². The molecule has 224 valence electrons. The van der Waals surface area contributed by atoms with Crippen LogP contribution in [0, 0.1) is 0 Å². The highest BCUT2D eigenvalue weighted by atomic mass is 16.8. The lowest BCUT2D eigenvalue weighted by molar-refractivity contribution is -0.361. The standard InChI is InChI=1S/C27H32O14/c1-10-19(32)21(34)23(36)26(37-10)41-25-22(35)20(33)18(9-28)40-27(25)39-17-8-14-15(31)6-13(30)7-16(14)38-24(17)11-2-4-12(29)5-3-11/h2-8,10,18-36H,9H2,1H3/p+1/t10-,18-,19-,20+,21+,22-,23-,24?,25+,26-,27+/m0/s1. The van der Waals surface area contributed by atoms with Crippen LogP contribution in [0.3, 0.4) is 0 Å². The van der Waals surface area contributed by atoms with E-state index in [1.807, 2.05) is 0 Å². The summed E-state index contributed by atoms with van der Waals surface area (Å²) in [6.07, 6.45) is -14.7. The molecule has 0 aromatic heterocycles. The molecule has 2 saturated heterocycles. The van der Waals surface area contributed by atoms with Gasteiger partial charge < -0.3 is 69.6 Å². The number of aliphatic hydroxyl groups is 7. The zero-order chi connectivity index (χ0) is 29.6. The third-order valence-electron chi connectivity index (χ3n) is 7.33. The predicted molar refractivity (Wildman–Crippen MR) is 136 cm³/mol. The molecule has 0 spiro atoms. The van der Waals surface area contributed by atoms with Gasteiger partial charge in [0.25, 0.3) is 11.9 Å². The Bertz CT molecular complexity index is 1250. The normalized spacial score (nSPS) is 37.0. The van der Waals surface area contributed by atoms with Gasteiger partial charge in [0.2, 0.25) is 6.29 Å². The van der Waals surface area contributed by atoms with Gasteiger partial charge in [-0.15, -0.1) is 0 Å². The minimum atomic E-state index is -1.74. The molecule has 41 heavy (non-hydrogen) atoms. The molecular formula is C27H33O14+. The molecule has 0 bridgehead atoms. The zero-order valence-corrected chi connectivity index (χ0v) is 21.7. The summed E-state index contributed by atoms with van der Waals surface area (Å²) in [6.45, 7) is 0.732. The number of phenolic OH excluding ortho intramolecular Hbond substituents is 3. The molecule has 1 unspecified atom stereocenters. The van der Waals surface area contributed by atoms with Gasteiger partial charge in [-0.3, -0.25) is 0 Å². The fourth-order valence-corrected chi connectivity index (χ4v) is 4.99. The average Bonchev–Trinajstić information content (AvgIpc) is 2.94. The van der Waals surface area contributed by atoms with Crippen LogP contribution >= 0.6 is 0 Å². The summed E-state index contributed by atoms with van der Waals surface area (Å²) >= 11 is 0. The van der Waals surface area contributed by atoms with Gasteiger partial charge >= 0.3 is 0 Å². The van der Waals surface area contributed by atoms with Gasteiger partial charge in [0, 0.05) is 12.1 Å². The van der Waals surface area contributed by atoms with Gasteiger partial charge in [0.05, 0.1) is 24.3 Å². The highest BCUT2D eigenvalue weighted by Crippen LogP contribution is 2.45. The molecule has 5 rings (SSSR count). The van der Waals surface area contributed by atoms with Crippen molar-refractivity contribution in [2.45, 2.75) is 74.4 Å². The van der Waals surface area contributed by atoms with E-state index in [2.05, 4.69) is 4.74 Å². The van der Waals surface area contributed by atoms with Crippen molar-refractivity contribution in [1.82, 2.24) is 0 Å². The fraction of sp³-hybridized carbons (Fsp3) is 0.481. The lowest BCUT2D eigenvalue weighted by Crippen LogP contribution is -2.64. The predicted octanol–water partition coefficient (Wildman–Crippen LogP) is -1.19. The molecule has 2 aromatic rings. The first-order valence-electron chi connectivity index (χ1n) is 12.9. The number of hydrogen-bond acceptors (Lipinski definition) is 13. The summed E-state index contributed by atoms with van der Waals surface area (Å²) in [7, 11) is 0. The fourth-order valence-electron chi connectivity index (χ4n) is 4.99. The highest BCUT2D eigenvalue weighted by molar-refractivity contribution is 5.69. The van der Waals surface area contributed by atoms with Gasteiger partial charge in [-0.05, 0) is 31.2 Å². The second kappa shape index (κ2) is 11.6. The smallest absolute Gasteiger partial charge is 0.270 e. The monoisotopic (exact) mass is 581 g/mol. The Morgan fingerprint density at radius 3 is 2.20 bits per heavy atom. The van der Waals surface area contributed by atoms with E-state index < -0.39 is 74.1 Å². The largest absolute Gasteiger partial charge is 0.571 e. The van der Waals surface area contributed by atoms with Gasteiger partial charge in [-0.1, -0.05) is 0 Å². The molecule has 3 aliphatic rings. The van der Waals surface area contributed by atoms with Crippen molar-refractivity contribution >= 4 is 6.08 Å². The van der Waals surface area contributed by atoms with E-state index in [1.54, 1.807) is 12.1 Å². The first-order valence-corrected chi connectivity index (χ1v) is 12.9. The minimum absolute atomic E-state index is 0.00811. The Morgan fingerprint density at radius 1 is 0.805 bits per heavy atom. The number of phenols is 3. The number of aromatic hydroxyl groups is 4. The molecule has 0 amide bonds. The van der Waals surface area contributed by atoms with Crippen LogP contribution in [0.25, 0.3) is 6.08 Å². The summed E-state index contributed by atoms with van der Waals surface area (Å²) in [6, 6.07) is 8.43. The average molecular weight is 582 g/mol. The van der Waals surface area contributed by atoms with Crippen molar-refractivity contribution < 1.29 is 69.6 Å². The van der Waals surface area contributed by atoms with E-state index >= 15 is 0 Å². The highest BCUT2D eigenvalue weighted by Gasteiger charge is 2.51. The van der Waals surface area contributed by atoms with E-state index in [1.165, 1.54) is 31.2 Å². The summed E-state index contributed by atoms with van der Waals surface area (Å²) < 4.78 is 27.7. The van der Waals surface area contributed by atoms with Gasteiger partial charge in [-0.25, -0.2) is 0 Å². The Hall–Kier alpha value is -3.18. The third-order valence-corrected chi connectivity index (χ3v) is 7.33. The van der Waals surface area contributed by atoms with Crippen LogP contribution in [0.1, 0.15) is 24.2 Å². The Kier molecular flexibility index (Phi) is 8.29. The lowest BCUT2D eigenvalue weighted by atomic mass is 9.97. The first-order chi connectivity index (χ1) is 19.5. The van der Waals surface area contributed by atoms with Crippen LogP contribution in [-0.4, -0.2) is 119 Å². The molecule has 0 saturated carbocycles. The topological polar surface area (TPSA) is 232 Å².